The van der Waals surface area contributed by atoms with E-state index in [2.05, 4.69) is 29.6 Å². The van der Waals surface area contributed by atoms with E-state index in [1.165, 1.54) is 33.2 Å². The number of nitrogens with zero attached hydrogens (tertiary/aromatic N) is 1. The molecule has 0 fully saturated rings. The Balaban J connectivity index is 1.32. The van der Waals surface area contributed by atoms with Crippen LogP contribution in [0, 0.1) is 0 Å². The number of fused-ring (bicyclic) bond motifs is 3. The summed E-state index contributed by atoms with van der Waals surface area (Å²) in [5, 5.41) is 6.01. The molecule has 6 heteroatoms. The number of benzene rings is 3. The number of carbonyl (C=O) groups is 1. The summed E-state index contributed by atoms with van der Waals surface area (Å²) in [6.07, 6.45) is 1.46. The molecule has 1 aliphatic carbocycles. The predicted octanol–water partition coefficient (Wildman–Crippen LogP) is 4.33. The van der Waals surface area contributed by atoms with Gasteiger partial charge in [0.25, 0.3) is 5.91 Å². The van der Waals surface area contributed by atoms with Gasteiger partial charge in [0, 0.05) is 5.39 Å². The van der Waals surface area contributed by atoms with E-state index >= 15 is 0 Å². The smallest absolute Gasteiger partial charge is 0.270 e. The fourth-order valence-electron chi connectivity index (χ4n) is 4.09. The van der Waals surface area contributed by atoms with E-state index in [4.69, 9.17) is 14.5 Å². The summed E-state index contributed by atoms with van der Waals surface area (Å²) < 4.78 is 12.5. The Morgan fingerprint density at radius 2 is 1.93 bits per heavy atom. The van der Waals surface area contributed by atoms with E-state index in [-0.39, 0.29) is 12.5 Å². The van der Waals surface area contributed by atoms with Crippen molar-refractivity contribution in [3.05, 3.63) is 59.7 Å². The van der Waals surface area contributed by atoms with Crippen LogP contribution in [0.2, 0.25) is 0 Å². The van der Waals surface area contributed by atoms with Crippen LogP contribution in [0.3, 0.4) is 0 Å². The molecule has 5 nitrogen and oxygen atoms in total. The standard InChI is InChI=1S/C22H16N2O3S/c25-21(17-11-26-15-6-1-2-7-16(15)27-17)24-22-23-20-14-5-3-4-12-8-9-13(19(12)14)10-18(20)28-22/h1-7,10,17H,8-9,11H2,(H,23,24,25)/t17-/m0/s1. The quantitative estimate of drug-likeness (QED) is 0.555. The van der Waals surface area contributed by atoms with Gasteiger partial charge in [-0.25, -0.2) is 4.98 Å². The Morgan fingerprint density at radius 3 is 2.86 bits per heavy atom. The first kappa shape index (κ1) is 15.9. The van der Waals surface area contributed by atoms with Crippen molar-refractivity contribution in [2.45, 2.75) is 18.9 Å². The van der Waals surface area contributed by atoms with E-state index in [0.29, 0.717) is 16.6 Å². The Labute approximate surface area is 164 Å². The molecule has 1 N–H and O–H groups in total. The summed E-state index contributed by atoms with van der Waals surface area (Å²) in [6, 6.07) is 16.0. The number of aryl methyl sites for hydroxylation is 2. The van der Waals surface area contributed by atoms with Gasteiger partial charge in [-0.05, 0) is 47.6 Å². The summed E-state index contributed by atoms with van der Waals surface area (Å²) in [6.45, 7) is 0.185. The van der Waals surface area contributed by atoms with Gasteiger partial charge in [-0.3, -0.25) is 10.1 Å². The molecule has 1 aromatic heterocycles. The van der Waals surface area contributed by atoms with Crippen LogP contribution in [0.4, 0.5) is 5.13 Å². The number of hydrogen-bond donors (Lipinski definition) is 1. The first-order valence-electron chi connectivity index (χ1n) is 9.29. The van der Waals surface area contributed by atoms with Gasteiger partial charge in [0.2, 0.25) is 6.10 Å². The number of hydrogen-bond acceptors (Lipinski definition) is 5. The van der Waals surface area contributed by atoms with Crippen molar-refractivity contribution >= 4 is 43.4 Å². The Hall–Kier alpha value is -3.12. The van der Waals surface area contributed by atoms with E-state index < -0.39 is 6.10 Å². The molecule has 1 aliphatic heterocycles. The number of amides is 1. The second-order valence-corrected chi connectivity index (χ2v) is 8.13. The maximum absolute atomic E-state index is 12.7. The largest absolute Gasteiger partial charge is 0.485 e. The van der Waals surface area contributed by atoms with Gasteiger partial charge in [-0.2, -0.15) is 0 Å². The molecular weight excluding hydrogens is 372 g/mol. The van der Waals surface area contributed by atoms with Gasteiger partial charge >= 0.3 is 0 Å². The molecule has 3 aromatic carbocycles. The van der Waals surface area contributed by atoms with Gasteiger partial charge in [0.15, 0.2) is 16.6 Å². The lowest BCUT2D eigenvalue weighted by Crippen LogP contribution is -2.40. The molecule has 28 heavy (non-hydrogen) atoms. The number of ether oxygens (including phenoxy) is 2. The highest BCUT2D eigenvalue weighted by Crippen LogP contribution is 2.39. The fraction of sp³-hybridized carbons (Fsp3) is 0.182. The van der Waals surface area contributed by atoms with E-state index in [1.54, 1.807) is 6.07 Å². The summed E-state index contributed by atoms with van der Waals surface area (Å²) >= 11 is 1.50. The van der Waals surface area contributed by atoms with Crippen molar-refractivity contribution in [3.63, 3.8) is 0 Å². The lowest BCUT2D eigenvalue weighted by Gasteiger charge is -2.25. The molecule has 0 unspecified atom stereocenters. The lowest BCUT2D eigenvalue weighted by molar-refractivity contribution is -0.125. The first-order valence-corrected chi connectivity index (χ1v) is 10.1. The van der Waals surface area contributed by atoms with Crippen LogP contribution in [-0.4, -0.2) is 23.6 Å². The molecule has 2 heterocycles. The van der Waals surface area contributed by atoms with Gasteiger partial charge in [-0.1, -0.05) is 41.7 Å². The highest BCUT2D eigenvalue weighted by molar-refractivity contribution is 7.22. The molecule has 1 amide bonds. The number of carbonyl (C=O) groups excluding carboxylic acids is 1. The molecule has 0 radical (unpaired) electrons. The summed E-state index contributed by atoms with van der Waals surface area (Å²) in [5.41, 5.74) is 3.72. The van der Waals surface area contributed by atoms with E-state index in [1.807, 2.05) is 18.2 Å². The van der Waals surface area contributed by atoms with Crippen LogP contribution in [-0.2, 0) is 17.6 Å². The lowest BCUT2D eigenvalue weighted by atomic mass is 10.0. The SMILES string of the molecule is O=C(Nc1nc2c(cc3c4c(cccc42)CC3)s1)[C@@H]1COc2ccccc2O1. The van der Waals surface area contributed by atoms with Gasteiger partial charge in [0.1, 0.15) is 6.61 Å². The molecule has 2 aliphatic rings. The minimum atomic E-state index is -0.695. The van der Waals surface area contributed by atoms with Crippen LogP contribution in [0.5, 0.6) is 11.5 Å². The molecule has 1 atom stereocenters. The van der Waals surface area contributed by atoms with Crippen LogP contribution in [0.15, 0.2) is 48.5 Å². The fourth-order valence-corrected chi connectivity index (χ4v) is 5.04. The Bertz CT molecular complexity index is 1260. The van der Waals surface area contributed by atoms with Crippen molar-refractivity contribution in [1.29, 1.82) is 0 Å². The molecule has 0 spiro atoms. The van der Waals surface area contributed by atoms with E-state index in [0.717, 1.165) is 23.1 Å². The zero-order valence-corrected chi connectivity index (χ0v) is 15.7. The zero-order valence-electron chi connectivity index (χ0n) is 14.9. The zero-order chi connectivity index (χ0) is 18.7. The third-order valence-electron chi connectivity index (χ3n) is 5.38. The average Bonchev–Trinajstić information content (AvgIpc) is 3.33. The topological polar surface area (TPSA) is 60.5 Å². The van der Waals surface area contributed by atoms with Crippen LogP contribution in [0.1, 0.15) is 11.1 Å². The molecule has 0 saturated heterocycles. The van der Waals surface area contributed by atoms with Crippen molar-refractivity contribution < 1.29 is 14.3 Å². The Morgan fingerprint density at radius 1 is 1.07 bits per heavy atom. The molecule has 4 aromatic rings. The van der Waals surface area contributed by atoms with Gasteiger partial charge < -0.3 is 9.47 Å². The number of nitrogens with one attached hydrogen (secondary N) is 1. The Kier molecular flexibility index (Phi) is 3.37. The number of rotatable bonds is 2. The maximum Gasteiger partial charge on any atom is 0.270 e. The number of para-hydroxylation sites is 2. The van der Waals surface area contributed by atoms with Crippen molar-refractivity contribution in [2.24, 2.45) is 0 Å². The third-order valence-corrected chi connectivity index (χ3v) is 6.30. The van der Waals surface area contributed by atoms with Crippen LogP contribution < -0.4 is 14.8 Å². The molecule has 0 saturated carbocycles. The second-order valence-electron chi connectivity index (χ2n) is 7.09. The number of aromatic nitrogens is 1. The highest BCUT2D eigenvalue weighted by atomic mass is 32.1. The van der Waals surface area contributed by atoms with Crippen molar-refractivity contribution in [1.82, 2.24) is 4.98 Å². The highest BCUT2D eigenvalue weighted by Gasteiger charge is 2.28. The second kappa shape index (κ2) is 5.94. The summed E-state index contributed by atoms with van der Waals surface area (Å²) in [4.78, 5) is 17.4. The van der Waals surface area contributed by atoms with Gasteiger partial charge in [0.05, 0.1) is 10.2 Å². The molecule has 0 bridgehead atoms. The molecule has 138 valence electrons. The monoisotopic (exact) mass is 388 g/mol. The molecule has 6 rings (SSSR count). The van der Waals surface area contributed by atoms with E-state index in [9.17, 15) is 4.79 Å². The predicted molar refractivity (Wildman–Crippen MR) is 110 cm³/mol. The normalized spacial score (nSPS) is 17.2. The van der Waals surface area contributed by atoms with Crippen LogP contribution in [0.25, 0.3) is 21.0 Å². The maximum atomic E-state index is 12.7. The van der Waals surface area contributed by atoms with Crippen LogP contribution >= 0.6 is 11.3 Å². The number of thiazole rings is 1. The minimum absolute atomic E-state index is 0.185. The third kappa shape index (κ3) is 2.38. The van der Waals surface area contributed by atoms with Crippen molar-refractivity contribution in [3.8, 4) is 11.5 Å². The van der Waals surface area contributed by atoms with Crippen molar-refractivity contribution in [2.75, 3.05) is 11.9 Å². The summed E-state index contributed by atoms with van der Waals surface area (Å²) in [7, 11) is 0. The summed E-state index contributed by atoms with van der Waals surface area (Å²) in [5.74, 6) is 1.00. The first-order chi connectivity index (χ1) is 13.8. The number of anilines is 1. The minimum Gasteiger partial charge on any atom is -0.485 e. The van der Waals surface area contributed by atoms with Gasteiger partial charge in [-0.15, -0.1) is 0 Å². The molecular formula is C22H16N2O3S. The average molecular weight is 388 g/mol.